The fourth-order valence-electron chi connectivity index (χ4n) is 5.00. The molecular weight excluding hydrogens is 546 g/mol. The van der Waals surface area contributed by atoms with Gasteiger partial charge in [-0.3, -0.25) is 4.90 Å². The number of likely N-dealkylation sites (tertiary alicyclic amines) is 1. The van der Waals surface area contributed by atoms with Crippen molar-refractivity contribution in [3.8, 4) is 6.07 Å². The Hall–Kier alpha value is -2.16. The highest BCUT2D eigenvalue weighted by molar-refractivity contribution is 14.2. The summed E-state index contributed by atoms with van der Waals surface area (Å²) < 4.78 is 23.4. The average Bonchev–Trinajstić information content (AvgIpc) is 2.83. The Morgan fingerprint density at radius 1 is 1.21 bits per heavy atom. The predicted octanol–water partition coefficient (Wildman–Crippen LogP) is 4.34. The van der Waals surface area contributed by atoms with Gasteiger partial charge >= 0.3 is 0 Å². The molecule has 3 aliphatic rings. The molecule has 2 aromatic rings. The van der Waals surface area contributed by atoms with Gasteiger partial charge in [-0.1, -0.05) is 25.2 Å². The highest BCUT2D eigenvalue weighted by Gasteiger charge is 2.35. The van der Waals surface area contributed by atoms with Crippen molar-refractivity contribution >= 4 is 42.7 Å². The van der Waals surface area contributed by atoms with E-state index in [1.807, 2.05) is 0 Å². The van der Waals surface area contributed by atoms with E-state index in [4.69, 9.17) is 9.72 Å². The lowest BCUT2D eigenvalue weighted by molar-refractivity contribution is -0.0712. The van der Waals surface area contributed by atoms with Gasteiger partial charge in [0.2, 0.25) is 0 Å². The molecule has 34 heavy (non-hydrogen) atoms. The second kappa shape index (κ2) is 10.2. The number of halogens is 2. The van der Waals surface area contributed by atoms with Gasteiger partial charge in [-0.15, -0.1) is 0 Å². The van der Waals surface area contributed by atoms with Crippen LogP contribution in [0.25, 0.3) is 0 Å². The normalized spacial score (nSPS) is 24.4. The van der Waals surface area contributed by atoms with Crippen molar-refractivity contribution in [3.05, 3.63) is 41.6 Å². The molecule has 0 bridgehead atoms. The molecule has 2 aromatic heterocycles. The van der Waals surface area contributed by atoms with Crippen LogP contribution in [-0.2, 0) is 4.74 Å². The summed E-state index contributed by atoms with van der Waals surface area (Å²) in [4.78, 5) is 13.8. The van der Waals surface area contributed by atoms with E-state index in [9.17, 15) is 5.26 Å². The van der Waals surface area contributed by atoms with E-state index in [2.05, 4.69) is 42.8 Å². The van der Waals surface area contributed by atoms with Gasteiger partial charge in [0.1, 0.15) is 17.5 Å². The predicted molar refractivity (Wildman–Crippen MR) is 141 cm³/mol. The lowest BCUT2D eigenvalue weighted by Crippen LogP contribution is -2.51. The first-order valence-electron chi connectivity index (χ1n) is 11.9. The van der Waals surface area contributed by atoms with Gasteiger partial charge in [0.25, 0.3) is 0 Å². The first kappa shape index (κ1) is 23.6. The number of alkyl halides is 2. The lowest BCUT2D eigenvalue weighted by atomic mass is 9.89. The monoisotopic (exact) mass is 576 g/mol. The summed E-state index contributed by atoms with van der Waals surface area (Å²) in [6.07, 6.45) is 5.19. The van der Waals surface area contributed by atoms with E-state index in [0.29, 0.717) is 42.1 Å². The van der Waals surface area contributed by atoms with Gasteiger partial charge in [0.05, 0.1) is 37.4 Å². The van der Waals surface area contributed by atoms with Crippen LogP contribution in [0.2, 0.25) is 0 Å². The van der Waals surface area contributed by atoms with Crippen LogP contribution in [-0.4, -0.2) is 68.5 Å². The number of ether oxygens (including phenoxy) is 1. The van der Waals surface area contributed by atoms with Crippen LogP contribution >= 0.6 is 20.7 Å². The number of piperidine rings is 2. The standard InChI is InChI=1S/C25H30FIN6O/c1-27-25(26)6-2-8-33(17-25)24-13-20(19-4-9-32(10-5-19)21-15-34-16-21)12-23(31-24)30-22-11-18(14-28)3-7-29-22/h3,7,11-13,19,21H,1-2,4-6,8-10,15-17H2,(H,29,30,31). The Kier molecular flexibility index (Phi) is 7.09. The molecule has 0 saturated carbocycles. The summed E-state index contributed by atoms with van der Waals surface area (Å²) in [5.74, 6) is 2.50. The molecule has 0 spiro atoms. The molecule has 0 aliphatic carbocycles. The smallest absolute Gasteiger partial charge is 0.173 e. The molecule has 180 valence electrons. The largest absolute Gasteiger partial charge is 0.378 e. The molecular formula is C25H30FIN6O. The minimum atomic E-state index is -1.17. The number of anilines is 3. The van der Waals surface area contributed by atoms with E-state index >= 15 is 4.39 Å². The minimum absolute atomic E-state index is 0.363. The zero-order valence-electron chi connectivity index (χ0n) is 19.2. The molecule has 1 unspecified atom stereocenters. The van der Waals surface area contributed by atoms with Gasteiger partial charge in [0.15, 0.2) is 3.68 Å². The van der Waals surface area contributed by atoms with Crippen molar-refractivity contribution in [3.63, 3.8) is 0 Å². The molecule has 3 saturated heterocycles. The van der Waals surface area contributed by atoms with Crippen LogP contribution in [0.15, 0.2) is 30.5 Å². The number of pyridine rings is 2. The highest BCUT2D eigenvalue weighted by Crippen LogP contribution is 2.38. The Balaban J connectivity index is 1.41. The van der Waals surface area contributed by atoms with Crippen LogP contribution in [0, 0.1) is 11.3 Å². The van der Waals surface area contributed by atoms with Gasteiger partial charge in [-0.05, 0) is 74.5 Å². The Morgan fingerprint density at radius 3 is 2.74 bits per heavy atom. The van der Waals surface area contributed by atoms with Crippen molar-refractivity contribution in [2.24, 2.45) is 0 Å². The van der Waals surface area contributed by atoms with Gasteiger partial charge in [-0.2, -0.15) is 5.26 Å². The fraction of sp³-hybridized carbons (Fsp3) is 0.520. The van der Waals surface area contributed by atoms with Gasteiger partial charge in [-0.25, -0.2) is 14.4 Å². The molecule has 5 rings (SSSR count). The van der Waals surface area contributed by atoms with E-state index in [0.717, 1.165) is 57.9 Å². The topological polar surface area (TPSA) is 77.3 Å². The Labute approximate surface area is 210 Å². The summed E-state index contributed by atoms with van der Waals surface area (Å²) in [6, 6.07) is 10.4. The van der Waals surface area contributed by atoms with E-state index < -0.39 is 24.4 Å². The maximum Gasteiger partial charge on any atom is 0.173 e. The number of hydrogen-bond donors (Lipinski definition) is 1. The number of nitrogens with zero attached hydrogens (tertiary/aromatic N) is 5. The number of hydrogen-bond acceptors (Lipinski definition) is 7. The average molecular weight is 576 g/mol. The molecule has 0 amide bonds. The van der Waals surface area contributed by atoms with Crippen molar-refractivity contribution in [1.29, 1.82) is 5.26 Å². The SMILES string of the molecule is C=IC1(F)CCCN(c2cc(C3CCN(C4COC4)CC3)cc(Nc3cc(C#N)ccn3)n2)C1. The Bertz CT molecular complexity index is 1080. The van der Waals surface area contributed by atoms with Crippen molar-refractivity contribution < 1.29 is 9.13 Å². The molecule has 5 heterocycles. The molecule has 3 aliphatic heterocycles. The summed E-state index contributed by atoms with van der Waals surface area (Å²) in [5.41, 5.74) is 1.77. The van der Waals surface area contributed by atoms with Gasteiger partial charge in [0, 0.05) is 12.7 Å². The Morgan fingerprint density at radius 2 is 2.03 bits per heavy atom. The third-order valence-corrected chi connectivity index (χ3v) is 9.32. The third-order valence-electron chi connectivity index (χ3n) is 7.07. The molecule has 3 fully saturated rings. The first-order valence-corrected chi connectivity index (χ1v) is 14.5. The number of aromatic nitrogens is 2. The minimum Gasteiger partial charge on any atom is -0.378 e. The third kappa shape index (κ3) is 5.24. The van der Waals surface area contributed by atoms with E-state index in [1.165, 1.54) is 5.56 Å². The van der Waals surface area contributed by atoms with E-state index in [1.54, 1.807) is 18.3 Å². The molecule has 0 radical (unpaired) electrons. The van der Waals surface area contributed by atoms with Gasteiger partial charge < -0.3 is 15.0 Å². The van der Waals surface area contributed by atoms with Crippen LogP contribution < -0.4 is 10.2 Å². The molecule has 0 aromatic carbocycles. The summed E-state index contributed by atoms with van der Waals surface area (Å²) >= 11 is -0.758. The number of rotatable bonds is 6. The quantitative estimate of drug-likeness (QED) is 0.405. The maximum atomic E-state index is 15.2. The fourth-order valence-corrected chi connectivity index (χ4v) is 6.42. The molecule has 1 atom stereocenters. The molecule has 9 heteroatoms. The summed E-state index contributed by atoms with van der Waals surface area (Å²) in [5, 5.41) is 12.5. The van der Waals surface area contributed by atoms with Crippen LogP contribution in [0.1, 0.15) is 42.7 Å². The highest BCUT2D eigenvalue weighted by atomic mass is 127. The molecule has 1 N–H and O–H groups in total. The van der Waals surface area contributed by atoms with Crippen molar-refractivity contribution in [1.82, 2.24) is 14.9 Å². The maximum absolute atomic E-state index is 15.2. The van der Waals surface area contributed by atoms with Crippen LogP contribution in [0.5, 0.6) is 0 Å². The zero-order chi connectivity index (χ0) is 23.5. The second-order valence-corrected chi connectivity index (χ2v) is 12.0. The van der Waals surface area contributed by atoms with Crippen LogP contribution in [0.3, 0.4) is 0 Å². The van der Waals surface area contributed by atoms with Crippen LogP contribution in [0.4, 0.5) is 21.8 Å². The first-order chi connectivity index (χ1) is 16.5. The second-order valence-electron chi connectivity index (χ2n) is 9.33. The summed E-state index contributed by atoms with van der Waals surface area (Å²) in [7, 11) is 0. The zero-order valence-corrected chi connectivity index (χ0v) is 21.4. The lowest BCUT2D eigenvalue weighted by Gasteiger charge is -2.41. The number of nitriles is 1. The van der Waals surface area contributed by atoms with Crippen molar-refractivity contribution in [2.45, 2.75) is 41.3 Å². The summed E-state index contributed by atoms with van der Waals surface area (Å²) in [6.45, 7) is 4.99. The molecule has 7 nitrogen and oxygen atoms in total. The number of nitrogens with one attached hydrogen (secondary N) is 1. The van der Waals surface area contributed by atoms with Crippen molar-refractivity contribution in [2.75, 3.05) is 49.6 Å². The van der Waals surface area contributed by atoms with E-state index in [-0.39, 0.29) is 0 Å².